The van der Waals surface area contributed by atoms with Gasteiger partial charge in [0.25, 0.3) is 0 Å². The summed E-state index contributed by atoms with van der Waals surface area (Å²) in [6.07, 6.45) is 55.3. The average molecular weight is 981 g/mol. The van der Waals surface area contributed by atoms with Gasteiger partial charge >= 0.3 is 0 Å². The van der Waals surface area contributed by atoms with Crippen LogP contribution in [-0.2, 0) is 14.3 Å². The number of unbranched alkanes of at least 4 members (excludes halogenated alkanes) is 41. The summed E-state index contributed by atoms with van der Waals surface area (Å²) in [5, 5.41) is 54.7. The Hall–Kier alpha value is -1.07. The summed E-state index contributed by atoms with van der Waals surface area (Å²) in [6.45, 7) is 3.88. The Balaban J connectivity index is 2.16. The molecule has 0 aromatic heterocycles. The van der Waals surface area contributed by atoms with Crippen molar-refractivity contribution in [3.8, 4) is 0 Å². The first-order valence-corrected chi connectivity index (χ1v) is 30.4. The van der Waals surface area contributed by atoms with Crippen molar-refractivity contribution in [2.75, 3.05) is 13.2 Å². The van der Waals surface area contributed by atoms with Crippen LogP contribution in [-0.4, -0.2) is 87.5 Å². The summed E-state index contributed by atoms with van der Waals surface area (Å²) in [6, 6.07) is -0.717. The molecule has 7 unspecified atom stereocenters. The highest BCUT2D eigenvalue weighted by Gasteiger charge is 2.44. The van der Waals surface area contributed by atoms with Crippen molar-refractivity contribution in [2.45, 2.75) is 352 Å². The van der Waals surface area contributed by atoms with Crippen LogP contribution in [0, 0.1) is 0 Å². The number of amides is 1. The van der Waals surface area contributed by atoms with Gasteiger partial charge in [-0.1, -0.05) is 276 Å². The Morgan fingerprint density at radius 1 is 0.478 bits per heavy atom. The molecule has 0 radical (unpaired) electrons. The molecule has 1 heterocycles. The molecule has 410 valence electrons. The van der Waals surface area contributed by atoms with Crippen molar-refractivity contribution >= 4 is 5.91 Å². The van der Waals surface area contributed by atoms with Crippen LogP contribution in [0.25, 0.3) is 0 Å². The largest absolute Gasteiger partial charge is 0.394 e. The van der Waals surface area contributed by atoms with Crippen LogP contribution in [0.1, 0.15) is 309 Å². The van der Waals surface area contributed by atoms with E-state index in [0.717, 1.165) is 38.5 Å². The number of nitrogens with one attached hydrogen (secondary N) is 1. The van der Waals surface area contributed by atoms with Gasteiger partial charge in [-0.3, -0.25) is 4.79 Å². The molecule has 1 amide bonds. The first-order valence-electron chi connectivity index (χ1n) is 30.4. The molecule has 0 bridgehead atoms. The molecule has 0 aromatic rings. The molecular weight excluding hydrogens is 863 g/mol. The predicted molar refractivity (Wildman–Crippen MR) is 291 cm³/mol. The summed E-state index contributed by atoms with van der Waals surface area (Å²) in [7, 11) is 0. The minimum absolute atomic E-state index is 0.134. The fraction of sp³-hybridized carbons (Fsp3) is 0.950. The second-order valence-electron chi connectivity index (χ2n) is 21.5. The summed E-state index contributed by atoms with van der Waals surface area (Å²) < 4.78 is 11.3. The SMILES string of the molecule is CCCCCCCCCCCCCC/C=C\CCCCCCCCCCCCCC(=O)NC(COC1OC(CO)C(O)C(O)C1O)C(O)CCCCCCCCCCCCCCCCCCCCC. The standard InChI is InChI=1S/C60H117NO8/c1-3-5-7-9-11-13-15-17-19-21-23-24-25-26-27-28-29-30-32-34-36-38-40-42-44-46-48-50-56(64)61-53(52-68-60-59(67)58(66)57(65)55(51-62)69-60)54(63)49-47-45-43-41-39-37-35-33-31-22-20-18-16-14-12-10-8-6-4-2/h26-27,53-55,57-60,62-63,65-67H,3-25,28-52H2,1-2H3,(H,61,64)/b27-26-. The third-order valence-electron chi connectivity index (χ3n) is 14.9. The number of carbonyl (C=O) groups excluding carboxylic acids is 1. The maximum absolute atomic E-state index is 13.1. The molecule has 0 aromatic carbocycles. The Bertz CT molecular complexity index is 1090. The van der Waals surface area contributed by atoms with E-state index in [1.165, 1.54) is 244 Å². The molecule has 6 N–H and O–H groups in total. The number of carbonyl (C=O) groups is 1. The lowest BCUT2D eigenvalue weighted by molar-refractivity contribution is -0.302. The number of hydrogen-bond donors (Lipinski definition) is 6. The molecular formula is C60H117NO8. The van der Waals surface area contributed by atoms with Crippen LogP contribution in [0.4, 0.5) is 0 Å². The van der Waals surface area contributed by atoms with Crippen LogP contribution in [0.3, 0.4) is 0 Å². The second-order valence-corrected chi connectivity index (χ2v) is 21.5. The van der Waals surface area contributed by atoms with Crippen LogP contribution in [0.2, 0.25) is 0 Å². The van der Waals surface area contributed by atoms with E-state index in [0.29, 0.717) is 12.8 Å². The number of allylic oxidation sites excluding steroid dienone is 2. The Labute approximate surface area is 426 Å². The zero-order valence-corrected chi connectivity index (χ0v) is 45.6. The molecule has 1 rings (SSSR count). The molecule has 1 fully saturated rings. The van der Waals surface area contributed by atoms with E-state index in [1.54, 1.807) is 0 Å². The lowest BCUT2D eigenvalue weighted by Gasteiger charge is -2.40. The van der Waals surface area contributed by atoms with E-state index in [9.17, 15) is 30.3 Å². The number of ether oxygens (including phenoxy) is 2. The van der Waals surface area contributed by atoms with Crippen molar-refractivity contribution in [3.63, 3.8) is 0 Å². The van der Waals surface area contributed by atoms with Gasteiger partial charge < -0.3 is 40.3 Å². The quantitative estimate of drug-likeness (QED) is 0.0261. The van der Waals surface area contributed by atoms with Gasteiger partial charge in [-0.2, -0.15) is 0 Å². The van der Waals surface area contributed by atoms with Crippen molar-refractivity contribution < 1.29 is 39.8 Å². The summed E-state index contributed by atoms with van der Waals surface area (Å²) in [5.41, 5.74) is 0. The summed E-state index contributed by atoms with van der Waals surface area (Å²) in [5.74, 6) is -0.139. The molecule has 0 saturated carbocycles. The van der Waals surface area contributed by atoms with Gasteiger partial charge in [0.05, 0.1) is 25.4 Å². The van der Waals surface area contributed by atoms with Gasteiger partial charge in [0.2, 0.25) is 5.91 Å². The first-order chi connectivity index (χ1) is 33.8. The van der Waals surface area contributed by atoms with E-state index in [1.807, 2.05) is 0 Å². The van der Waals surface area contributed by atoms with Gasteiger partial charge in [0.1, 0.15) is 24.4 Å². The number of aliphatic hydroxyl groups excluding tert-OH is 5. The van der Waals surface area contributed by atoms with Crippen molar-refractivity contribution in [1.29, 1.82) is 0 Å². The van der Waals surface area contributed by atoms with E-state index in [-0.39, 0.29) is 12.5 Å². The number of aliphatic hydroxyl groups is 5. The molecule has 7 atom stereocenters. The van der Waals surface area contributed by atoms with Crippen LogP contribution < -0.4 is 5.32 Å². The zero-order valence-electron chi connectivity index (χ0n) is 45.6. The highest BCUT2D eigenvalue weighted by molar-refractivity contribution is 5.76. The van der Waals surface area contributed by atoms with E-state index in [2.05, 4.69) is 31.3 Å². The molecule has 0 aliphatic carbocycles. The molecule has 1 saturated heterocycles. The van der Waals surface area contributed by atoms with Gasteiger partial charge in [0, 0.05) is 6.42 Å². The molecule has 9 nitrogen and oxygen atoms in total. The third-order valence-corrected chi connectivity index (χ3v) is 14.9. The highest BCUT2D eigenvalue weighted by atomic mass is 16.7. The number of hydrogen-bond acceptors (Lipinski definition) is 8. The maximum Gasteiger partial charge on any atom is 0.220 e. The molecule has 0 spiro atoms. The predicted octanol–water partition coefficient (Wildman–Crippen LogP) is 15.2. The lowest BCUT2D eigenvalue weighted by atomic mass is 9.99. The highest BCUT2D eigenvalue weighted by Crippen LogP contribution is 2.23. The summed E-state index contributed by atoms with van der Waals surface area (Å²) >= 11 is 0. The summed E-state index contributed by atoms with van der Waals surface area (Å²) in [4.78, 5) is 13.1. The normalized spacial score (nSPS) is 19.4. The first kappa shape index (κ1) is 65.9. The van der Waals surface area contributed by atoms with Gasteiger partial charge in [-0.15, -0.1) is 0 Å². The second kappa shape index (κ2) is 50.5. The topological polar surface area (TPSA) is 149 Å². The van der Waals surface area contributed by atoms with Crippen molar-refractivity contribution in [1.82, 2.24) is 5.32 Å². The fourth-order valence-electron chi connectivity index (χ4n) is 10.0. The van der Waals surface area contributed by atoms with E-state index < -0.39 is 49.5 Å². The minimum Gasteiger partial charge on any atom is -0.394 e. The maximum atomic E-state index is 13.1. The molecule has 9 heteroatoms. The fourth-order valence-corrected chi connectivity index (χ4v) is 10.0. The zero-order chi connectivity index (χ0) is 50.1. The molecule has 1 aliphatic rings. The Morgan fingerprint density at radius 2 is 0.812 bits per heavy atom. The lowest BCUT2D eigenvalue weighted by Crippen LogP contribution is -2.60. The van der Waals surface area contributed by atoms with Crippen LogP contribution in [0.15, 0.2) is 12.2 Å². The monoisotopic (exact) mass is 980 g/mol. The van der Waals surface area contributed by atoms with Crippen LogP contribution in [0.5, 0.6) is 0 Å². The van der Waals surface area contributed by atoms with Crippen molar-refractivity contribution in [3.05, 3.63) is 12.2 Å². The smallest absolute Gasteiger partial charge is 0.220 e. The third kappa shape index (κ3) is 40.1. The van der Waals surface area contributed by atoms with Crippen molar-refractivity contribution in [2.24, 2.45) is 0 Å². The van der Waals surface area contributed by atoms with Gasteiger partial charge in [-0.05, 0) is 38.5 Å². The number of rotatable bonds is 53. The van der Waals surface area contributed by atoms with Gasteiger partial charge in [-0.25, -0.2) is 0 Å². The average Bonchev–Trinajstić information content (AvgIpc) is 3.35. The van der Waals surface area contributed by atoms with Crippen LogP contribution >= 0.6 is 0 Å². The van der Waals surface area contributed by atoms with Gasteiger partial charge in [0.15, 0.2) is 6.29 Å². The molecule has 69 heavy (non-hydrogen) atoms. The van der Waals surface area contributed by atoms with E-state index >= 15 is 0 Å². The molecule has 1 aliphatic heterocycles. The Kier molecular flexibility index (Phi) is 48.2. The minimum atomic E-state index is -1.55. The Morgan fingerprint density at radius 3 is 1.17 bits per heavy atom. The van der Waals surface area contributed by atoms with E-state index in [4.69, 9.17) is 9.47 Å².